The smallest absolute Gasteiger partial charge is 0.270 e. The third-order valence-corrected chi connectivity index (χ3v) is 7.65. The highest BCUT2D eigenvalue weighted by Crippen LogP contribution is 2.52. The van der Waals surface area contributed by atoms with Crippen LogP contribution in [0.1, 0.15) is 17.5 Å². The molecule has 1 saturated heterocycles. The lowest BCUT2D eigenvalue weighted by Crippen LogP contribution is -2.32. The van der Waals surface area contributed by atoms with E-state index in [1.165, 1.54) is 12.1 Å². The minimum atomic E-state index is -4.71. The molecule has 0 N–H and O–H groups in total. The summed E-state index contributed by atoms with van der Waals surface area (Å²) in [4.78, 5) is 0. The van der Waals surface area contributed by atoms with Gasteiger partial charge in [0.2, 0.25) is 10.0 Å². The van der Waals surface area contributed by atoms with Crippen LogP contribution in [0.15, 0.2) is 30.4 Å². The molecule has 4 nitrogen and oxygen atoms in total. The van der Waals surface area contributed by atoms with Crippen LogP contribution in [0.25, 0.3) is 0 Å². The molecule has 4 atom stereocenters. The van der Waals surface area contributed by atoms with Crippen LogP contribution in [-0.2, 0) is 16.2 Å². The van der Waals surface area contributed by atoms with Gasteiger partial charge in [0, 0.05) is 12.5 Å². The monoisotopic (exact) mass is 354 g/mol. The van der Waals surface area contributed by atoms with Gasteiger partial charge in [-0.3, -0.25) is 4.31 Å². The summed E-state index contributed by atoms with van der Waals surface area (Å²) >= 11 is 0. The Balaban J connectivity index is 1.77. The van der Waals surface area contributed by atoms with Gasteiger partial charge in [-0.2, -0.15) is 18.4 Å². The first-order valence-electron chi connectivity index (χ1n) is 7.54. The lowest BCUT2D eigenvalue weighted by atomic mass is 9.93. The number of nitriles is 1. The van der Waals surface area contributed by atoms with Gasteiger partial charge in [0.25, 0.3) is 0 Å². The second kappa shape index (κ2) is 4.76. The number of nitrogens with zero attached hydrogens (tertiary/aromatic N) is 2. The Hall–Kier alpha value is -2.01. The van der Waals surface area contributed by atoms with Crippen molar-refractivity contribution in [3.63, 3.8) is 0 Å². The second-order valence-corrected chi connectivity index (χ2v) is 8.51. The number of hydrogen-bond donors (Lipinski definition) is 0. The van der Waals surface area contributed by atoms with E-state index in [-0.39, 0.29) is 30.0 Å². The molecule has 24 heavy (non-hydrogen) atoms. The van der Waals surface area contributed by atoms with Crippen molar-refractivity contribution in [3.05, 3.63) is 41.5 Å². The van der Waals surface area contributed by atoms with Crippen molar-refractivity contribution in [1.29, 1.82) is 5.26 Å². The van der Waals surface area contributed by atoms with E-state index in [4.69, 9.17) is 5.26 Å². The molecular formula is C16H13F3N2O2S. The fraction of sp³-hybridized carbons (Fsp3) is 0.438. The van der Waals surface area contributed by atoms with Crippen molar-refractivity contribution < 1.29 is 21.6 Å². The van der Waals surface area contributed by atoms with Gasteiger partial charge in [-0.25, -0.2) is 8.42 Å². The highest BCUT2D eigenvalue weighted by Gasteiger charge is 2.58. The topological polar surface area (TPSA) is 61.2 Å². The fourth-order valence-corrected chi connectivity index (χ4v) is 6.73. The molecule has 1 heterocycles. The number of alkyl halides is 3. The number of benzene rings is 1. The molecule has 3 aliphatic rings. The number of rotatable bonds is 1. The standard InChI is InChI=1S/C16H13F3N2O2S/c17-16(18,19)14-6-12(4-3-11(14)7-20)21-8-13-9-1-2-10(5-9)15(13)24(21,22)23/h1-4,6,9-10,13,15H,5,8H2/t9-,10+,13+,15-/m0/s1. The first-order chi connectivity index (χ1) is 11.2. The molecule has 0 spiro atoms. The Kier molecular flexibility index (Phi) is 3.08. The summed E-state index contributed by atoms with van der Waals surface area (Å²) in [6, 6.07) is 4.59. The maximum absolute atomic E-state index is 13.1. The minimum Gasteiger partial charge on any atom is -0.270 e. The molecule has 2 bridgehead atoms. The molecule has 2 aliphatic carbocycles. The molecule has 1 aliphatic heterocycles. The van der Waals surface area contributed by atoms with Gasteiger partial charge >= 0.3 is 6.18 Å². The SMILES string of the molecule is N#Cc1ccc(N2C[C@H]3[C@H]([C@@H]4C=C[C@H]3C4)S2(=O)=O)cc1C(F)(F)F. The normalized spacial score (nSPS) is 32.8. The number of allylic oxidation sites excluding steroid dienone is 2. The summed E-state index contributed by atoms with van der Waals surface area (Å²) in [7, 11) is -3.70. The molecule has 4 rings (SSSR count). The lowest BCUT2D eigenvalue weighted by Gasteiger charge is -2.22. The Labute approximate surface area is 137 Å². The average molecular weight is 354 g/mol. The first kappa shape index (κ1) is 15.5. The predicted octanol–water partition coefficient (Wildman–Crippen LogP) is 2.92. The molecule has 0 amide bonds. The molecule has 2 fully saturated rings. The maximum atomic E-state index is 13.1. The average Bonchev–Trinajstić information content (AvgIpc) is 3.18. The number of hydrogen-bond acceptors (Lipinski definition) is 3. The van der Waals surface area contributed by atoms with Crippen molar-refractivity contribution in [2.75, 3.05) is 10.8 Å². The van der Waals surface area contributed by atoms with Crippen molar-refractivity contribution in [2.24, 2.45) is 17.8 Å². The molecule has 0 aromatic heterocycles. The number of anilines is 1. The van der Waals surface area contributed by atoms with Crippen LogP contribution in [0.2, 0.25) is 0 Å². The van der Waals surface area contributed by atoms with Gasteiger partial charge in [0.15, 0.2) is 0 Å². The van der Waals surface area contributed by atoms with Gasteiger partial charge in [-0.05, 0) is 36.5 Å². The van der Waals surface area contributed by atoms with E-state index in [1.807, 2.05) is 12.2 Å². The van der Waals surface area contributed by atoms with E-state index < -0.39 is 32.6 Å². The summed E-state index contributed by atoms with van der Waals surface area (Å²) in [6.07, 6.45) is 0.0299. The summed E-state index contributed by atoms with van der Waals surface area (Å²) in [6.45, 7) is 0.196. The summed E-state index contributed by atoms with van der Waals surface area (Å²) in [5.41, 5.74) is -1.63. The summed E-state index contributed by atoms with van der Waals surface area (Å²) < 4.78 is 66.1. The molecule has 8 heteroatoms. The molecule has 1 aromatic rings. The minimum absolute atomic E-state index is 0.0184. The quantitative estimate of drug-likeness (QED) is 0.729. The van der Waals surface area contributed by atoms with Crippen LogP contribution in [0, 0.1) is 29.1 Å². The number of halogens is 3. The van der Waals surface area contributed by atoms with E-state index in [0.29, 0.717) is 0 Å². The largest absolute Gasteiger partial charge is 0.417 e. The molecule has 0 unspecified atom stereocenters. The molecule has 1 saturated carbocycles. The lowest BCUT2D eigenvalue weighted by molar-refractivity contribution is -0.137. The van der Waals surface area contributed by atoms with Crippen LogP contribution in [0.5, 0.6) is 0 Å². The summed E-state index contributed by atoms with van der Waals surface area (Å²) in [5.74, 6) is 0.0608. The Morgan fingerprint density at radius 1 is 1.21 bits per heavy atom. The van der Waals surface area contributed by atoms with Gasteiger partial charge in [-0.1, -0.05) is 12.2 Å². The highest BCUT2D eigenvalue weighted by atomic mass is 32.2. The van der Waals surface area contributed by atoms with Gasteiger partial charge in [0.1, 0.15) is 0 Å². The fourth-order valence-electron chi connectivity index (χ4n) is 4.27. The number of fused-ring (bicyclic) bond motifs is 5. The molecular weight excluding hydrogens is 341 g/mol. The van der Waals surface area contributed by atoms with Crippen LogP contribution < -0.4 is 4.31 Å². The van der Waals surface area contributed by atoms with Crippen molar-refractivity contribution in [1.82, 2.24) is 0 Å². The zero-order valence-corrected chi connectivity index (χ0v) is 13.2. The van der Waals surface area contributed by atoms with Crippen LogP contribution >= 0.6 is 0 Å². The predicted molar refractivity (Wildman–Crippen MR) is 80.4 cm³/mol. The zero-order chi connectivity index (χ0) is 17.3. The second-order valence-electron chi connectivity index (χ2n) is 6.49. The van der Waals surface area contributed by atoms with Crippen molar-refractivity contribution in [2.45, 2.75) is 17.8 Å². The van der Waals surface area contributed by atoms with E-state index >= 15 is 0 Å². The molecule has 126 valence electrons. The zero-order valence-electron chi connectivity index (χ0n) is 12.4. The van der Waals surface area contributed by atoms with Gasteiger partial charge in [0.05, 0.1) is 28.1 Å². The van der Waals surface area contributed by atoms with Crippen molar-refractivity contribution >= 4 is 15.7 Å². The summed E-state index contributed by atoms with van der Waals surface area (Å²) in [5, 5.41) is 8.32. The van der Waals surface area contributed by atoms with E-state index in [1.54, 1.807) is 0 Å². The Morgan fingerprint density at radius 3 is 2.54 bits per heavy atom. The van der Waals surface area contributed by atoms with Crippen LogP contribution in [0.4, 0.5) is 18.9 Å². The molecule has 1 aromatic carbocycles. The maximum Gasteiger partial charge on any atom is 0.417 e. The first-order valence-corrected chi connectivity index (χ1v) is 9.05. The van der Waals surface area contributed by atoms with Crippen LogP contribution in [0.3, 0.4) is 0 Å². The van der Waals surface area contributed by atoms with Crippen molar-refractivity contribution in [3.8, 4) is 6.07 Å². The third-order valence-electron chi connectivity index (χ3n) is 5.29. The van der Waals surface area contributed by atoms with E-state index in [9.17, 15) is 21.6 Å². The highest BCUT2D eigenvalue weighted by molar-refractivity contribution is 7.93. The Morgan fingerprint density at radius 2 is 1.92 bits per heavy atom. The van der Waals surface area contributed by atoms with E-state index in [2.05, 4.69) is 0 Å². The van der Waals surface area contributed by atoms with E-state index in [0.717, 1.165) is 22.9 Å². The van der Waals surface area contributed by atoms with Gasteiger partial charge < -0.3 is 0 Å². The van der Waals surface area contributed by atoms with Gasteiger partial charge in [-0.15, -0.1) is 0 Å². The Bertz CT molecular complexity index is 886. The number of sulfonamides is 1. The third kappa shape index (κ3) is 2.00. The van der Waals surface area contributed by atoms with Crippen LogP contribution in [-0.4, -0.2) is 20.2 Å². The molecule has 0 radical (unpaired) electrons.